The number of para-hydroxylation sites is 1. The quantitative estimate of drug-likeness (QED) is 0.783. The largest absolute Gasteiger partial charge is 0.308 e. The van der Waals surface area contributed by atoms with E-state index in [9.17, 15) is 0 Å². The second-order valence-corrected chi connectivity index (χ2v) is 5.90. The minimum absolute atomic E-state index is 0.302. The number of rotatable bonds is 5. The zero-order valence-electron chi connectivity index (χ0n) is 13.3. The molecule has 0 fully saturated rings. The van der Waals surface area contributed by atoms with Gasteiger partial charge in [-0.15, -0.1) is 0 Å². The zero-order chi connectivity index (χ0) is 15.5. The van der Waals surface area contributed by atoms with Gasteiger partial charge in [0, 0.05) is 30.4 Å². The molecule has 22 heavy (non-hydrogen) atoms. The fourth-order valence-corrected chi connectivity index (χ4v) is 2.64. The summed E-state index contributed by atoms with van der Waals surface area (Å²) in [5, 5.41) is 9.19. The van der Waals surface area contributed by atoms with Gasteiger partial charge in [-0.25, -0.2) is 0 Å². The Balaban J connectivity index is 1.71. The highest BCUT2D eigenvalue weighted by Gasteiger charge is 2.14. The zero-order valence-corrected chi connectivity index (χ0v) is 13.3. The van der Waals surface area contributed by atoms with Crippen molar-refractivity contribution in [2.75, 3.05) is 0 Å². The maximum Gasteiger partial charge on any atom is 0.0746 e. The molecule has 0 saturated carbocycles. The number of pyridine rings is 1. The summed E-state index contributed by atoms with van der Waals surface area (Å²) >= 11 is 0. The van der Waals surface area contributed by atoms with Gasteiger partial charge in [0.1, 0.15) is 0 Å². The molecule has 0 aliphatic rings. The average Bonchev–Trinajstić information content (AvgIpc) is 2.98. The van der Waals surface area contributed by atoms with E-state index in [1.165, 1.54) is 16.5 Å². The molecule has 1 N–H and O–H groups in total. The molecule has 3 aromatic rings. The van der Waals surface area contributed by atoms with Gasteiger partial charge in [-0.05, 0) is 38.0 Å². The van der Waals surface area contributed by atoms with Crippen molar-refractivity contribution in [3.63, 3.8) is 0 Å². The number of aryl methyl sites for hydroxylation is 1. The summed E-state index contributed by atoms with van der Waals surface area (Å²) in [6.45, 7) is 7.25. The third kappa shape index (κ3) is 3.02. The molecule has 2 unspecified atom stereocenters. The maximum absolute atomic E-state index is 4.51. The minimum atomic E-state index is 0.302. The van der Waals surface area contributed by atoms with E-state index in [2.05, 4.69) is 66.6 Å². The average molecular weight is 294 g/mol. The minimum Gasteiger partial charge on any atom is -0.308 e. The molecule has 0 spiro atoms. The molecule has 4 nitrogen and oxygen atoms in total. The molecule has 0 aliphatic heterocycles. The molecule has 0 saturated heterocycles. The molecule has 2 aromatic heterocycles. The lowest BCUT2D eigenvalue weighted by Gasteiger charge is -2.22. The van der Waals surface area contributed by atoms with Crippen molar-refractivity contribution in [1.29, 1.82) is 0 Å². The molecule has 4 heteroatoms. The molecular formula is C18H22N4. The Morgan fingerprint density at radius 2 is 2.00 bits per heavy atom. The highest BCUT2D eigenvalue weighted by atomic mass is 15.3. The monoisotopic (exact) mass is 294 g/mol. The molecule has 2 heterocycles. The first-order valence-electron chi connectivity index (χ1n) is 7.72. The molecule has 3 rings (SSSR count). The molecule has 0 amide bonds. The van der Waals surface area contributed by atoms with Crippen molar-refractivity contribution in [2.45, 2.75) is 39.4 Å². The van der Waals surface area contributed by atoms with Crippen LogP contribution in [0.3, 0.4) is 0 Å². The Morgan fingerprint density at radius 1 is 1.18 bits per heavy atom. The van der Waals surface area contributed by atoms with Crippen molar-refractivity contribution in [3.8, 4) is 0 Å². The maximum atomic E-state index is 4.51. The van der Waals surface area contributed by atoms with Crippen LogP contribution in [0.25, 0.3) is 10.9 Å². The summed E-state index contributed by atoms with van der Waals surface area (Å²) in [4.78, 5) is 4.51. The lowest BCUT2D eigenvalue weighted by Crippen LogP contribution is -2.33. The molecule has 0 aliphatic carbocycles. The third-order valence-electron chi connectivity index (χ3n) is 4.20. The van der Waals surface area contributed by atoms with Crippen molar-refractivity contribution >= 4 is 10.9 Å². The highest BCUT2D eigenvalue weighted by molar-refractivity contribution is 5.81. The Hall–Kier alpha value is -2.20. The van der Waals surface area contributed by atoms with Crippen molar-refractivity contribution in [1.82, 2.24) is 20.1 Å². The lowest BCUT2D eigenvalue weighted by molar-refractivity contribution is 0.365. The summed E-state index contributed by atoms with van der Waals surface area (Å²) in [7, 11) is 0. The molecule has 1 aromatic carbocycles. The summed E-state index contributed by atoms with van der Waals surface area (Å²) in [5.74, 6) is 0. The standard InChI is InChI=1S/C18H22N4/c1-13-10-21-22(12-13)15(3)14(2)20-11-17-7-4-6-16-8-5-9-19-18(16)17/h4-10,12,14-15,20H,11H2,1-3H3. The molecular weight excluding hydrogens is 272 g/mol. The van der Waals surface area contributed by atoms with Gasteiger partial charge in [0.25, 0.3) is 0 Å². The van der Waals surface area contributed by atoms with Crippen LogP contribution in [-0.4, -0.2) is 20.8 Å². The predicted octanol–water partition coefficient (Wildman–Crippen LogP) is 3.48. The van der Waals surface area contributed by atoms with Gasteiger partial charge in [0.2, 0.25) is 0 Å². The van der Waals surface area contributed by atoms with Gasteiger partial charge in [-0.1, -0.05) is 24.3 Å². The summed E-state index contributed by atoms with van der Waals surface area (Å²) in [6.07, 6.45) is 5.84. The fourth-order valence-electron chi connectivity index (χ4n) is 2.64. The number of hydrogen-bond donors (Lipinski definition) is 1. The van der Waals surface area contributed by atoms with Crippen LogP contribution in [0.1, 0.15) is 31.0 Å². The number of nitrogens with one attached hydrogen (secondary N) is 1. The van der Waals surface area contributed by atoms with Gasteiger partial charge < -0.3 is 5.32 Å². The summed E-state index contributed by atoms with van der Waals surface area (Å²) in [5.41, 5.74) is 3.50. The van der Waals surface area contributed by atoms with Gasteiger partial charge in [0.05, 0.1) is 17.8 Å². The van der Waals surface area contributed by atoms with Crippen molar-refractivity contribution < 1.29 is 0 Å². The number of fused-ring (bicyclic) bond motifs is 1. The SMILES string of the molecule is Cc1cnn(C(C)C(C)NCc2cccc3cccnc23)c1. The normalized spacial score (nSPS) is 14.1. The van der Waals surface area contributed by atoms with Gasteiger partial charge >= 0.3 is 0 Å². The van der Waals surface area contributed by atoms with Crippen LogP contribution >= 0.6 is 0 Å². The van der Waals surface area contributed by atoms with E-state index in [-0.39, 0.29) is 0 Å². The summed E-state index contributed by atoms with van der Waals surface area (Å²) in [6, 6.07) is 11.0. The van der Waals surface area contributed by atoms with Gasteiger partial charge in [-0.3, -0.25) is 9.67 Å². The van der Waals surface area contributed by atoms with Crippen LogP contribution in [0.15, 0.2) is 48.9 Å². The van der Waals surface area contributed by atoms with Crippen LogP contribution in [0, 0.1) is 6.92 Å². The predicted molar refractivity (Wildman–Crippen MR) is 89.7 cm³/mol. The highest BCUT2D eigenvalue weighted by Crippen LogP contribution is 2.17. The van der Waals surface area contributed by atoms with E-state index in [0.717, 1.165) is 12.1 Å². The number of aromatic nitrogens is 3. The van der Waals surface area contributed by atoms with E-state index in [4.69, 9.17) is 0 Å². The van der Waals surface area contributed by atoms with E-state index in [0.29, 0.717) is 12.1 Å². The van der Waals surface area contributed by atoms with Gasteiger partial charge in [0.15, 0.2) is 0 Å². The van der Waals surface area contributed by atoms with Crippen molar-refractivity contribution in [3.05, 3.63) is 60.0 Å². The second-order valence-electron chi connectivity index (χ2n) is 5.90. The Kier molecular flexibility index (Phi) is 4.20. The van der Waals surface area contributed by atoms with Crippen molar-refractivity contribution in [2.24, 2.45) is 0 Å². The van der Waals surface area contributed by atoms with Gasteiger partial charge in [-0.2, -0.15) is 5.10 Å². The first-order valence-corrected chi connectivity index (χ1v) is 7.72. The molecule has 2 atom stereocenters. The van der Waals surface area contributed by atoms with Crippen LogP contribution in [0.5, 0.6) is 0 Å². The van der Waals surface area contributed by atoms with E-state index < -0.39 is 0 Å². The second kappa shape index (κ2) is 6.28. The number of nitrogens with zero attached hydrogens (tertiary/aromatic N) is 3. The van der Waals surface area contributed by atoms with E-state index >= 15 is 0 Å². The topological polar surface area (TPSA) is 42.7 Å². The third-order valence-corrected chi connectivity index (χ3v) is 4.20. The molecule has 0 bridgehead atoms. The van der Waals surface area contributed by atoms with E-state index in [1.54, 1.807) is 0 Å². The molecule has 114 valence electrons. The smallest absolute Gasteiger partial charge is 0.0746 e. The number of benzene rings is 1. The van der Waals surface area contributed by atoms with Crippen LogP contribution in [0.4, 0.5) is 0 Å². The summed E-state index contributed by atoms with van der Waals surface area (Å²) < 4.78 is 2.02. The van der Waals surface area contributed by atoms with Crippen LogP contribution in [-0.2, 0) is 6.54 Å². The first-order chi connectivity index (χ1) is 10.6. The molecule has 0 radical (unpaired) electrons. The Bertz CT molecular complexity index is 757. The van der Waals surface area contributed by atoms with Crippen LogP contribution < -0.4 is 5.32 Å². The van der Waals surface area contributed by atoms with Crippen LogP contribution in [0.2, 0.25) is 0 Å². The number of hydrogen-bond acceptors (Lipinski definition) is 3. The first kappa shape index (κ1) is 14.7. The van der Waals surface area contributed by atoms with E-state index in [1.807, 2.05) is 23.1 Å². The Labute approximate surface area is 131 Å². The fraction of sp³-hybridized carbons (Fsp3) is 0.333. The lowest BCUT2D eigenvalue weighted by atomic mass is 10.1. The Morgan fingerprint density at radius 3 is 2.77 bits per heavy atom.